The zero-order valence-corrected chi connectivity index (χ0v) is 12.5. The second kappa shape index (κ2) is 7.26. The van der Waals surface area contributed by atoms with Crippen LogP contribution in [0.15, 0.2) is 0 Å². The van der Waals surface area contributed by atoms with Gasteiger partial charge < -0.3 is 15.4 Å². The molecule has 0 aromatic carbocycles. The summed E-state index contributed by atoms with van der Waals surface area (Å²) < 4.78 is 5.47. The normalized spacial score (nSPS) is 19.7. The summed E-state index contributed by atoms with van der Waals surface area (Å²) in [5, 5.41) is 0. The Hall–Kier alpha value is -1.59. The van der Waals surface area contributed by atoms with Crippen molar-refractivity contribution in [2.24, 2.45) is 5.92 Å². The topological polar surface area (TPSA) is 77.2 Å². The van der Waals surface area contributed by atoms with Gasteiger partial charge >= 0.3 is 6.01 Å². The first-order valence-corrected chi connectivity index (χ1v) is 7.62. The van der Waals surface area contributed by atoms with E-state index in [0.29, 0.717) is 18.6 Å². The van der Waals surface area contributed by atoms with Crippen molar-refractivity contribution in [3.8, 4) is 6.01 Å². The summed E-state index contributed by atoms with van der Waals surface area (Å²) in [5.41, 5.74) is 5.76. The second-order valence-electron chi connectivity index (χ2n) is 5.32. The van der Waals surface area contributed by atoms with Crippen LogP contribution in [0.25, 0.3) is 0 Å². The van der Waals surface area contributed by atoms with Crippen LogP contribution < -0.4 is 15.4 Å². The van der Waals surface area contributed by atoms with Gasteiger partial charge in [-0.15, -0.1) is 0 Å². The van der Waals surface area contributed by atoms with Crippen LogP contribution in [-0.2, 0) is 0 Å². The Bertz CT molecular complexity index is 426. The molecule has 6 heteroatoms. The number of anilines is 2. The Morgan fingerprint density at radius 2 is 2.05 bits per heavy atom. The van der Waals surface area contributed by atoms with Crippen molar-refractivity contribution in [2.45, 2.75) is 46.0 Å². The number of rotatable bonds is 5. The number of nitrogen functional groups attached to an aromatic ring is 1. The fraction of sp³-hybridized carbons (Fsp3) is 0.786. The maximum absolute atomic E-state index is 5.76. The standard InChI is InChI=1S/C14H25N5O/c1-3-10-20-14-17-12(15)16-13(18-14)19-8-5-6-11(4-2)7-9-19/h11H,3-10H2,1-2H3,(H2,15,16,17,18). The van der Waals surface area contributed by atoms with Crippen molar-refractivity contribution in [1.82, 2.24) is 15.0 Å². The second-order valence-corrected chi connectivity index (χ2v) is 5.32. The van der Waals surface area contributed by atoms with Crippen molar-refractivity contribution in [1.29, 1.82) is 0 Å². The van der Waals surface area contributed by atoms with Crippen LogP contribution in [-0.4, -0.2) is 34.6 Å². The predicted molar refractivity (Wildman–Crippen MR) is 79.9 cm³/mol. The van der Waals surface area contributed by atoms with E-state index in [1.54, 1.807) is 0 Å². The van der Waals surface area contributed by atoms with Crippen LogP contribution in [0.3, 0.4) is 0 Å². The van der Waals surface area contributed by atoms with E-state index in [0.717, 1.165) is 25.4 Å². The SMILES string of the molecule is CCCOc1nc(N)nc(N2CCCC(CC)CC2)n1. The lowest BCUT2D eigenvalue weighted by molar-refractivity contribution is 0.292. The van der Waals surface area contributed by atoms with Gasteiger partial charge in [-0.05, 0) is 31.6 Å². The molecule has 6 nitrogen and oxygen atoms in total. The molecule has 1 unspecified atom stereocenters. The van der Waals surface area contributed by atoms with Gasteiger partial charge in [-0.25, -0.2) is 0 Å². The van der Waals surface area contributed by atoms with E-state index in [-0.39, 0.29) is 5.95 Å². The van der Waals surface area contributed by atoms with E-state index in [4.69, 9.17) is 10.5 Å². The van der Waals surface area contributed by atoms with Gasteiger partial charge in [-0.3, -0.25) is 0 Å². The minimum Gasteiger partial charge on any atom is -0.463 e. The van der Waals surface area contributed by atoms with Gasteiger partial charge in [0.1, 0.15) is 0 Å². The van der Waals surface area contributed by atoms with E-state index >= 15 is 0 Å². The maximum atomic E-state index is 5.76. The third-order valence-electron chi connectivity index (χ3n) is 3.76. The van der Waals surface area contributed by atoms with Gasteiger partial charge in [0, 0.05) is 13.1 Å². The van der Waals surface area contributed by atoms with Crippen LogP contribution in [0.4, 0.5) is 11.9 Å². The Kier molecular flexibility index (Phi) is 5.38. The summed E-state index contributed by atoms with van der Waals surface area (Å²) in [6, 6.07) is 0.339. The molecule has 2 heterocycles. The van der Waals surface area contributed by atoms with E-state index in [1.807, 2.05) is 6.92 Å². The van der Waals surface area contributed by atoms with E-state index in [9.17, 15) is 0 Å². The number of hydrogen-bond donors (Lipinski definition) is 1. The molecule has 0 radical (unpaired) electrons. The fourth-order valence-electron chi connectivity index (χ4n) is 2.53. The Morgan fingerprint density at radius 1 is 1.20 bits per heavy atom. The highest BCUT2D eigenvalue weighted by Crippen LogP contribution is 2.23. The molecule has 2 rings (SSSR count). The minimum absolute atomic E-state index is 0.234. The lowest BCUT2D eigenvalue weighted by atomic mass is 9.98. The number of ether oxygens (including phenoxy) is 1. The molecule has 2 N–H and O–H groups in total. The summed E-state index contributed by atoms with van der Waals surface area (Å²) in [5.74, 6) is 1.70. The van der Waals surface area contributed by atoms with Crippen LogP contribution in [0.5, 0.6) is 6.01 Å². The first kappa shape index (κ1) is 14.8. The van der Waals surface area contributed by atoms with Crippen LogP contribution in [0.1, 0.15) is 46.0 Å². The van der Waals surface area contributed by atoms with E-state index in [1.165, 1.54) is 25.7 Å². The maximum Gasteiger partial charge on any atom is 0.323 e. The van der Waals surface area contributed by atoms with E-state index < -0.39 is 0 Å². The first-order valence-electron chi connectivity index (χ1n) is 7.62. The average Bonchev–Trinajstić information content (AvgIpc) is 2.70. The summed E-state index contributed by atoms with van der Waals surface area (Å²) >= 11 is 0. The summed E-state index contributed by atoms with van der Waals surface area (Å²) in [4.78, 5) is 14.9. The van der Waals surface area contributed by atoms with Gasteiger partial charge in [-0.2, -0.15) is 15.0 Å². The highest BCUT2D eigenvalue weighted by Gasteiger charge is 2.19. The molecule has 0 aliphatic carbocycles. The quantitative estimate of drug-likeness (QED) is 0.891. The first-order chi connectivity index (χ1) is 9.72. The average molecular weight is 279 g/mol. The highest BCUT2D eigenvalue weighted by atomic mass is 16.5. The van der Waals surface area contributed by atoms with Gasteiger partial charge in [0.05, 0.1) is 6.61 Å². The van der Waals surface area contributed by atoms with Crippen molar-refractivity contribution >= 4 is 11.9 Å². The van der Waals surface area contributed by atoms with Gasteiger partial charge in [0.25, 0.3) is 0 Å². The zero-order valence-electron chi connectivity index (χ0n) is 12.5. The van der Waals surface area contributed by atoms with Crippen molar-refractivity contribution in [2.75, 3.05) is 30.3 Å². The molecule has 112 valence electrons. The molecule has 20 heavy (non-hydrogen) atoms. The number of nitrogens with two attached hydrogens (primary N) is 1. The van der Waals surface area contributed by atoms with E-state index in [2.05, 4.69) is 26.8 Å². The number of nitrogens with zero attached hydrogens (tertiary/aromatic N) is 4. The summed E-state index contributed by atoms with van der Waals surface area (Å²) in [6.07, 6.45) is 5.82. The number of aromatic nitrogens is 3. The predicted octanol–water partition coefficient (Wildman–Crippen LogP) is 2.26. The van der Waals surface area contributed by atoms with Gasteiger partial charge in [0.2, 0.25) is 11.9 Å². The monoisotopic (exact) mass is 279 g/mol. The molecule has 0 bridgehead atoms. The molecule has 1 aliphatic rings. The summed E-state index contributed by atoms with van der Waals surface area (Å²) in [6.45, 7) is 6.87. The Morgan fingerprint density at radius 3 is 2.80 bits per heavy atom. The van der Waals surface area contributed by atoms with Crippen LogP contribution >= 0.6 is 0 Å². The van der Waals surface area contributed by atoms with Crippen molar-refractivity contribution in [3.05, 3.63) is 0 Å². The molecule has 1 saturated heterocycles. The zero-order chi connectivity index (χ0) is 14.4. The molecule has 1 aromatic rings. The third kappa shape index (κ3) is 3.95. The molecule has 1 aliphatic heterocycles. The smallest absolute Gasteiger partial charge is 0.323 e. The van der Waals surface area contributed by atoms with Crippen LogP contribution in [0.2, 0.25) is 0 Å². The van der Waals surface area contributed by atoms with Crippen molar-refractivity contribution < 1.29 is 4.74 Å². The summed E-state index contributed by atoms with van der Waals surface area (Å²) in [7, 11) is 0. The lowest BCUT2D eigenvalue weighted by Gasteiger charge is -2.20. The van der Waals surface area contributed by atoms with Crippen molar-refractivity contribution in [3.63, 3.8) is 0 Å². The molecular formula is C14H25N5O. The Balaban J connectivity index is 2.08. The fourth-order valence-corrected chi connectivity index (χ4v) is 2.53. The lowest BCUT2D eigenvalue weighted by Crippen LogP contribution is -2.27. The Labute approximate surface area is 120 Å². The van der Waals surface area contributed by atoms with Gasteiger partial charge in [-0.1, -0.05) is 20.3 Å². The third-order valence-corrected chi connectivity index (χ3v) is 3.76. The largest absolute Gasteiger partial charge is 0.463 e. The number of hydrogen-bond acceptors (Lipinski definition) is 6. The molecule has 0 spiro atoms. The molecule has 0 saturated carbocycles. The molecular weight excluding hydrogens is 254 g/mol. The minimum atomic E-state index is 0.234. The van der Waals surface area contributed by atoms with Gasteiger partial charge in [0.15, 0.2) is 0 Å². The molecule has 1 fully saturated rings. The molecule has 0 amide bonds. The highest BCUT2D eigenvalue weighted by molar-refractivity contribution is 5.36. The molecule has 1 aromatic heterocycles. The van der Waals surface area contributed by atoms with Crippen LogP contribution in [0, 0.1) is 5.92 Å². The molecule has 1 atom stereocenters.